The predicted octanol–water partition coefficient (Wildman–Crippen LogP) is 3.18. The van der Waals surface area contributed by atoms with Gasteiger partial charge in [0.1, 0.15) is 0 Å². The maximum atomic E-state index is 11.7. The molecular formula is C14H21ClN2O2. The van der Waals surface area contributed by atoms with Crippen LogP contribution in [0.25, 0.3) is 0 Å². The van der Waals surface area contributed by atoms with Crippen LogP contribution in [0, 0.1) is 12.8 Å². The first-order valence-electron chi connectivity index (χ1n) is 6.38. The molecule has 4 nitrogen and oxygen atoms in total. The molecule has 0 fully saturated rings. The van der Waals surface area contributed by atoms with Crippen molar-refractivity contribution in [3.63, 3.8) is 0 Å². The minimum Gasteiger partial charge on any atom is -0.391 e. The van der Waals surface area contributed by atoms with E-state index in [2.05, 4.69) is 10.6 Å². The highest BCUT2D eigenvalue weighted by Crippen LogP contribution is 2.22. The highest BCUT2D eigenvalue weighted by atomic mass is 35.5. The number of anilines is 1. The van der Waals surface area contributed by atoms with Gasteiger partial charge in [-0.3, -0.25) is 0 Å². The molecule has 0 spiro atoms. The van der Waals surface area contributed by atoms with E-state index in [4.69, 9.17) is 11.6 Å². The molecule has 1 aromatic rings. The Balaban J connectivity index is 2.45. The lowest BCUT2D eigenvalue weighted by Gasteiger charge is -2.15. The largest absolute Gasteiger partial charge is 0.391 e. The molecule has 19 heavy (non-hydrogen) atoms. The van der Waals surface area contributed by atoms with Gasteiger partial charge in [0.25, 0.3) is 0 Å². The van der Waals surface area contributed by atoms with E-state index in [9.17, 15) is 9.90 Å². The lowest BCUT2D eigenvalue weighted by molar-refractivity contribution is 0.148. The molecule has 0 radical (unpaired) electrons. The number of hydrogen-bond donors (Lipinski definition) is 3. The third kappa shape index (κ3) is 5.49. The van der Waals surface area contributed by atoms with E-state index in [-0.39, 0.29) is 12.6 Å². The Morgan fingerprint density at radius 3 is 2.74 bits per heavy atom. The molecule has 3 N–H and O–H groups in total. The van der Waals surface area contributed by atoms with E-state index in [1.807, 2.05) is 20.8 Å². The van der Waals surface area contributed by atoms with Crippen molar-refractivity contribution in [3.05, 3.63) is 28.8 Å². The summed E-state index contributed by atoms with van der Waals surface area (Å²) in [6, 6.07) is 4.99. The summed E-state index contributed by atoms with van der Waals surface area (Å²) in [6.07, 6.45) is 0.141. The number of hydrogen-bond acceptors (Lipinski definition) is 2. The van der Waals surface area contributed by atoms with Crippen LogP contribution in [0.1, 0.15) is 25.8 Å². The average molecular weight is 285 g/mol. The fraction of sp³-hybridized carbons (Fsp3) is 0.500. The number of nitrogens with one attached hydrogen (secondary N) is 2. The zero-order chi connectivity index (χ0) is 14.4. The van der Waals surface area contributed by atoms with Crippen LogP contribution in [0.2, 0.25) is 5.02 Å². The van der Waals surface area contributed by atoms with Gasteiger partial charge in [-0.1, -0.05) is 31.5 Å². The van der Waals surface area contributed by atoms with Gasteiger partial charge in [-0.25, -0.2) is 4.79 Å². The second-order valence-electron chi connectivity index (χ2n) is 5.03. The predicted molar refractivity (Wildman–Crippen MR) is 78.7 cm³/mol. The van der Waals surface area contributed by atoms with Gasteiger partial charge in [0.05, 0.1) is 6.10 Å². The molecule has 0 aliphatic carbocycles. The Morgan fingerprint density at radius 1 is 1.42 bits per heavy atom. The molecule has 0 aliphatic rings. The van der Waals surface area contributed by atoms with Gasteiger partial charge in [-0.2, -0.15) is 0 Å². The second kappa shape index (κ2) is 7.36. The van der Waals surface area contributed by atoms with Crippen molar-refractivity contribution < 1.29 is 9.90 Å². The van der Waals surface area contributed by atoms with Gasteiger partial charge in [0.2, 0.25) is 0 Å². The smallest absolute Gasteiger partial charge is 0.319 e. The van der Waals surface area contributed by atoms with Crippen molar-refractivity contribution in [1.82, 2.24) is 5.32 Å². The molecular weight excluding hydrogens is 264 g/mol. The molecule has 0 aliphatic heterocycles. The summed E-state index contributed by atoms with van der Waals surface area (Å²) < 4.78 is 0. The molecule has 0 saturated heterocycles. The van der Waals surface area contributed by atoms with E-state index >= 15 is 0 Å². The van der Waals surface area contributed by atoms with Crippen LogP contribution in [0.15, 0.2) is 18.2 Å². The number of carbonyl (C=O) groups is 1. The van der Waals surface area contributed by atoms with Crippen molar-refractivity contribution in [2.24, 2.45) is 5.92 Å². The van der Waals surface area contributed by atoms with E-state index in [0.717, 1.165) is 5.56 Å². The van der Waals surface area contributed by atoms with Crippen LogP contribution in [0.4, 0.5) is 10.5 Å². The van der Waals surface area contributed by atoms with Crippen molar-refractivity contribution in [1.29, 1.82) is 0 Å². The molecule has 0 saturated carbocycles. The molecule has 2 amide bonds. The van der Waals surface area contributed by atoms with Gasteiger partial charge in [-0.15, -0.1) is 0 Å². The first-order chi connectivity index (χ1) is 8.90. The molecule has 1 rings (SSSR count). The molecule has 0 heterocycles. The first-order valence-corrected chi connectivity index (χ1v) is 6.76. The van der Waals surface area contributed by atoms with Crippen LogP contribution >= 0.6 is 11.6 Å². The van der Waals surface area contributed by atoms with Crippen LogP contribution in [-0.4, -0.2) is 23.8 Å². The summed E-state index contributed by atoms with van der Waals surface area (Å²) >= 11 is 5.97. The number of aliphatic hydroxyl groups excluding tert-OH is 1. The lowest BCUT2D eigenvalue weighted by Crippen LogP contribution is -2.35. The number of urea groups is 1. The highest BCUT2D eigenvalue weighted by Gasteiger charge is 2.10. The van der Waals surface area contributed by atoms with Crippen molar-refractivity contribution >= 4 is 23.3 Å². The van der Waals surface area contributed by atoms with Gasteiger partial charge < -0.3 is 15.7 Å². The van der Waals surface area contributed by atoms with Crippen LogP contribution in [-0.2, 0) is 0 Å². The Bertz CT molecular complexity index is 435. The number of halogens is 1. The van der Waals surface area contributed by atoms with Crippen molar-refractivity contribution in [3.8, 4) is 0 Å². The number of benzene rings is 1. The summed E-state index contributed by atoms with van der Waals surface area (Å²) in [5, 5.41) is 15.6. The molecule has 1 atom stereocenters. The molecule has 106 valence electrons. The van der Waals surface area contributed by atoms with E-state index in [1.54, 1.807) is 18.2 Å². The van der Waals surface area contributed by atoms with E-state index in [1.165, 1.54) is 0 Å². The Labute approximate surface area is 119 Å². The maximum Gasteiger partial charge on any atom is 0.319 e. The maximum absolute atomic E-state index is 11.7. The zero-order valence-corrected chi connectivity index (χ0v) is 12.3. The third-order valence-electron chi connectivity index (χ3n) is 2.76. The molecule has 0 aromatic heterocycles. The topological polar surface area (TPSA) is 61.4 Å². The number of amides is 2. The van der Waals surface area contributed by atoms with E-state index in [0.29, 0.717) is 23.0 Å². The molecule has 1 unspecified atom stereocenters. The van der Waals surface area contributed by atoms with Gasteiger partial charge in [0.15, 0.2) is 0 Å². The van der Waals surface area contributed by atoms with Crippen LogP contribution in [0.3, 0.4) is 0 Å². The highest BCUT2D eigenvalue weighted by molar-refractivity contribution is 6.31. The summed E-state index contributed by atoms with van der Waals surface area (Å²) in [4.78, 5) is 11.7. The molecule has 1 aromatic carbocycles. The Hall–Kier alpha value is -1.26. The minimum atomic E-state index is -0.522. The quantitative estimate of drug-likeness (QED) is 0.778. The third-order valence-corrected chi connectivity index (χ3v) is 3.17. The monoisotopic (exact) mass is 284 g/mol. The minimum absolute atomic E-state index is 0.240. The lowest BCUT2D eigenvalue weighted by atomic mass is 10.1. The van der Waals surface area contributed by atoms with Gasteiger partial charge >= 0.3 is 6.03 Å². The second-order valence-corrected chi connectivity index (χ2v) is 5.44. The van der Waals surface area contributed by atoms with Crippen molar-refractivity contribution in [2.75, 3.05) is 11.9 Å². The fourth-order valence-corrected chi connectivity index (χ4v) is 1.92. The Morgan fingerprint density at radius 2 is 2.11 bits per heavy atom. The number of carbonyl (C=O) groups excluding carboxylic acids is 1. The summed E-state index contributed by atoms with van der Waals surface area (Å²) in [6.45, 7) is 6.13. The summed E-state index contributed by atoms with van der Waals surface area (Å²) in [5.74, 6) is 0.398. The summed E-state index contributed by atoms with van der Waals surface area (Å²) in [5.41, 5.74) is 1.49. The normalized spacial score (nSPS) is 12.3. The van der Waals surface area contributed by atoms with Crippen molar-refractivity contribution in [2.45, 2.75) is 33.3 Å². The van der Waals surface area contributed by atoms with Gasteiger partial charge in [-0.05, 0) is 37.0 Å². The zero-order valence-electron chi connectivity index (χ0n) is 11.5. The molecule has 0 bridgehead atoms. The summed E-state index contributed by atoms with van der Waals surface area (Å²) in [7, 11) is 0. The van der Waals surface area contributed by atoms with Crippen LogP contribution < -0.4 is 10.6 Å². The van der Waals surface area contributed by atoms with Crippen LogP contribution in [0.5, 0.6) is 0 Å². The number of aliphatic hydroxyl groups is 1. The number of rotatable bonds is 5. The average Bonchev–Trinajstić information content (AvgIpc) is 2.32. The standard InChI is InChI=1S/C14H21ClN2O2/c1-9(2)7-11(18)8-16-14(19)17-13-6-4-5-12(15)10(13)3/h4-6,9,11,18H,7-8H2,1-3H3,(H2,16,17,19). The van der Waals surface area contributed by atoms with Gasteiger partial charge in [0, 0.05) is 17.3 Å². The molecule has 5 heteroatoms. The first kappa shape index (κ1) is 15.8. The fourth-order valence-electron chi connectivity index (χ4n) is 1.75. The Kier molecular flexibility index (Phi) is 6.12. The van der Waals surface area contributed by atoms with E-state index < -0.39 is 6.10 Å². The SMILES string of the molecule is Cc1c(Cl)cccc1NC(=O)NCC(O)CC(C)C.